The van der Waals surface area contributed by atoms with Crippen LogP contribution in [0.4, 0.5) is 18.3 Å². The highest BCUT2D eigenvalue weighted by Gasteiger charge is 2.25. The first-order valence-electron chi connectivity index (χ1n) is 5.85. The van der Waals surface area contributed by atoms with Gasteiger partial charge < -0.3 is 10.1 Å². The Kier molecular flexibility index (Phi) is 6.07. The fraction of sp³-hybridized carbons (Fsp3) is 0.636. The molecule has 1 aromatic heterocycles. The number of hydrogen-bond acceptors (Lipinski definition) is 5. The monoisotopic (exact) mass is 296 g/mol. The van der Waals surface area contributed by atoms with E-state index >= 15 is 0 Å². The van der Waals surface area contributed by atoms with Gasteiger partial charge in [-0.05, 0) is 19.8 Å². The van der Waals surface area contributed by atoms with Crippen molar-refractivity contribution in [2.24, 2.45) is 0 Å². The second kappa shape index (κ2) is 7.32. The van der Waals surface area contributed by atoms with Crippen molar-refractivity contribution in [3.05, 3.63) is 11.1 Å². The van der Waals surface area contributed by atoms with Gasteiger partial charge in [-0.15, -0.1) is 11.3 Å². The zero-order valence-corrected chi connectivity index (χ0v) is 11.2. The van der Waals surface area contributed by atoms with Crippen LogP contribution >= 0.6 is 11.3 Å². The summed E-state index contributed by atoms with van der Waals surface area (Å²) in [6.45, 7) is 2.37. The maximum absolute atomic E-state index is 11.9. The van der Waals surface area contributed by atoms with E-state index in [1.165, 1.54) is 11.3 Å². The molecule has 0 fully saturated rings. The van der Waals surface area contributed by atoms with Crippen LogP contribution in [0.25, 0.3) is 0 Å². The molecule has 1 rings (SSSR count). The molecule has 0 aromatic carbocycles. The van der Waals surface area contributed by atoms with Crippen molar-refractivity contribution >= 4 is 22.4 Å². The van der Waals surface area contributed by atoms with Gasteiger partial charge in [-0.2, -0.15) is 13.2 Å². The Morgan fingerprint density at radius 3 is 2.84 bits per heavy atom. The fourth-order valence-corrected chi connectivity index (χ4v) is 2.01. The molecule has 8 heteroatoms. The number of unbranched alkanes of at least 4 members (excludes halogenated alkanes) is 1. The van der Waals surface area contributed by atoms with Crippen LogP contribution in [-0.4, -0.2) is 30.3 Å². The van der Waals surface area contributed by atoms with Gasteiger partial charge in [0.25, 0.3) is 0 Å². The van der Waals surface area contributed by atoms with E-state index in [4.69, 9.17) is 4.74 Å². The van der Waals surface area contributed by atoms with Gasteiger partial charge in [0.15, 0.2) is 10.8 Å². The zero-order chi connectivity index (χ0) is 14.3. The van der Waals surface area contributed by atoms with E-state index in [1.54, 1.807) is 12.3 Å². The number of esters is 1. The predicted molar refractivity (Wildman–Crippen MR) is 66.5 cm³/mol. The maximum atomic E-state index is 11.9. The van der Waals surface area contributed by atoms with Crippen molar-refractivity contribution in [3.63, 3.8) is 0 Å². The molecule has 1 aromatic rings. The van der Waals surface area contributed by atoms with Crippen LogP contribution in [0.3, 0.4) is 0 Å². The summed E-state index contributed by atoms with van der Waals surface area (Å²) < 4.78 is 40.4. The molecule has 19 heavy (non-hydrogen) atoms. The van der Waals surface area contributed by atoms with E-state index in [1.807, 2.05) is 0 Å². The number of aromatic nitrogens is 1. The van der Waals surface area contributed by atoms with Gasteiger partial charge >= 0.3 is 12.1 Å². The van der Waals surface area contributed by atoms with Gasteiger partial charge in [-0.1, -0.05) is 0 Å². The summed E-state index contributed by atoms with van der Waals surface area (Å²) in [4.78, 5) is 15.3. The standard InChI is InChI=1S/C11H15F3N2O2S/c1-2-18-9(17)8-7-19-10(16-8)15-6-4-3-5-11(12,13)14/h7H,2-6H2,1H3,(H,15,16). The van der Waals surface area contributed by atoms with Crippen LogP contribution in [0, 0.1) is 0 Å². The maximum Gasteiger partial charge on any atom is 0.389 e. The summed E-state index contributed by atoms with van der Waals surface area (Å²) in [7, 11) is 0. The molecule has 0 saturated heterocycles. The zero-order valence-electron chi connectivity index (χ0n) is 10.4. The molecule has 0 spiro atoms. The summed E-state index contributed by atoms with van der Waals surface area (Å²) in [6.07, 6.45) is -4.40. The number of anilines is 1. The average molecular weight is 296 g/mol. The number of thiazole rings is 1. The molecule has 0 unspecified atom stereocenters. The van der Waals surface area contributed by atoms with E-state index in [-0.39, 0.29) is 18.7 Å². The number of nitrogens with zero attached hydrogens (tertiary/aromatic N) is 1. The summed E-state index contributed by atoms with van der Waals surface area (Å²) in [5.74, 6) is -0.496. The third-order valence-electron chi connectivity index (χ3n) is 2.15. The summed E-state index contributed by atoms with van der Waals surface area (Å²) in [6, 6.07) is 0. The molecule has 108 valence electrons. The minimum absolute atomic E-state index is 0.0760. The van der Waals surface area contributed by atoms with Crippen molar-refractivity contribution in [1.29, 1.82) is 0 Å². The van der Waals surface area contributed by atoms with Crippen LogP contribution in [0.1, 0.15) is 36.7 Å². The smallest absolute Gasteiger partial charge is 0.389 e. The molecular weight excluding hydrogens is 281 g/mol. The molecule has 0 aliphatic rings. The topological polar surface area (TPSA) is 51.2 Å². The second-order valence-electron chi connectivity index (χ2n) is 3.76. The van der Waals surface area contributed by atoms with E-state index < -0.39 is 18.6 Å². The van der Waals surface area contributed by atoms with Crippen molar-refractivity contribution < 1.29 is 22.7 Å². The number of carbonyl (C=O) groups is 1. The normalized spacial score (nSPS) is 11.4. The Labute approximate surface area is 113 Å². The predicted octanol–water partition coefficient (Wildman–Crippen LogP) is 3.46. The highest BCUT2D eigenvalue weighted by molar-refractivity contribution is 7.13. The van der Waals surface area contributed by atoms with Gasteiger partial charge in [-0.25, -0.2) is 9.78 Å². The highest BCUT2D eigenvalue weighted by atomic mass is 32.1. The number of ether oxygens (including phenoxy) is 1. The number of alkyl halides is 3. The first kappa shape index (κ1) is 15.7. The minimum Gasteiger partial charge on any atom is -0.461 e. The van der Waals surface area contributed by atoms with E-state index in [0.717, 1.165) is 0 Å². The first-order chi connectivity index (χ1) is 8.92. The SMILES string of the molecule is CCOC(=O)c1csc(NCCCCC(F)(F)F)n1. The molecule has 0 atom stereocenters. The third kappa shape index (κ3) is 6.42. The van der Waals surface area contributed by atoms with Crippen LogP contribution in [0.15, 0.2) is 5.38 Å². The summed E-state index contributed by atoms with van der Waals surface area (Å²) in [5, 5.41) is 4.94. The van der Waals surface area contributed by atoms with Crippen LogP contribution in [0.5, 0.6) is 0 Å². The fourth-order valence-electron chi connectivity index (χ4n) is 1.30. The van der Waals surface area contributed by atoms with E-state index in [0.29, 0.717) is 18.1 Å². The Bertz CT molecular complexity index is 407. The van der Waals surface area contributed by atoms with Gasteiger partial charge in [0.1, 0.15) is 0 Å². The van der Waals surface area contributed by atoms with Crippen molar-refractivity contribution in [2.45, 2.75) is 32.4 Å². The quantitative estimate of drug-likeness (QED) is 0.618. The Morgan fingerprint density at radius 2 is 2.21 bits per heavy atom. The largest absolute Gasteiger partial charge is 0.461 e. The number of halogens is 3. The van der Waals surface area contributed by atoms with Crippen molar-refractivity contribution in [3.8, 4) is 0 Å². The summed E-state index contributed by atoms with van der Waals surface area (Å²) >= 11 is 1.22. The summed E-state index contributed by atoms with van der Waals surface area (Å²) in [5.41, 5.74) is 0.213. The molecule has 0 amide bonds. The molecule has 0 aliphatic carbocycles. The molecule has 0 radical (unpaired) electrons. The second-order valence-corrected chi connectivity index (χ2v) is 4.62. The van der Waals surface area contributed by atoms with E-state index in [2.05, 4.69) is 10.3 Å². The van der Waals surface area contributed by atoms with E-state index in [9.17, 15) is 18.0 Å². The van der Waals surface area contributed by atoms with Crippen LogP contribution < -0.4 is 5.32 Å². The average Bonchev–Trinajstić information content (AvgIpc) is 2.76. The molecule has 0 bridgehead atoms. The van der Waals surface area contributed by atoms with Crippen molar-refractivity contribution in [2.75, 3.05) is 18.5 Å². The van der Waals surface area contributed by atoms with Crippen molar-refractivity contribution in [1.82, 2.24) is 4.98 Å². The van der Waals surface area contributed by atoms with Crippen LogP contribution in [0.2, 0.25) is 0 Å². The molecular formula is C11H15F3N2O2S. The number of hydrogen-bond donors (Lipinski definition) is 1. The van der Waals surface area contributed by atoms with Crippen LogP contribution in [-0.2, 0) is 4.74 Å². The molecule has 0 saturated carbocycles. The Balaban J connectivity index is 2.25. The van der Waals surface area contributed by atoms with Gasteiger partial charge in [-0.3, -0.25) is 0 Å². The molecule has 1 heterocycles. The van der Waals surface area contributed by atoms with Gasteiger partial charge in [0.05, 0.1) is 6.61 Å². The molecule has 0 aliphatic heterocycles. The lowest BCUT2D eigenvalue weighted by atomic mass is 10.2. The third-order valence-corrected chi connectivity index (χ3v) is 2.95. The first-order valence-corrected chi connectivity index (χ1v) is 6.73. The lowest BCUT2D eigenvalue weighted by Gasteiger charge is -2.05. The van der Waals surface area contributed by atoms with Gasteiger partial charge in [0.2, 0.25) is 0 Å². The Morgan fingerprint density at radius 1 is 1.47 bits per heavy atom. The lowest BCUT2D eigenvalue weighted by molar-refractivity contribution is -0.135. The number of rotatable bonds is 7. The van der Waals surface area contributed by atoms with Gasteiger partial charge in [0, 0.05) is 18.3 Å². The number of nitrogens with one attached hydrogen (secondary N) is 1. The minimum atomic E-state index is -4.10. The Hall–Kier alpha value is -1.31. The molecule has 1 N–H and O–H groups in total. The number of carbonyl (C=O) groups excluding carboxylic acids is 1. The molecule has 4 nitrogen and oxygen atoms in total. The lowest BCUT2D eigenvalue weighted by Crippen LogP contribution is -2.09. The highest BCUT2D eigenvalue weighted by Crippen LogP contribution is 2.22.